The molecule has 3 heteroatoms. The number of aliphatic hydroxyl groups excluding tert-OH is 1. The Labute approximate surface area is 108 Å². The van der Waals surface area contributed by atoms with E-state index in [2.05, 4.69) is 11.8 Å². The molecule has 1 heterocycles. The molecule has 0 spiro atoms. The van der Waals surface area contributed by atoms with E-state index in [4.69, 9.17) is 0 Å². The zero-order chi connectivity index (χ0) is 13.0. The lowest BCUT2D eigenvalue weighted by atomic mass is 9.96. The van der Waals surface area contributed by atoms with Crippen LogP contribution >= 0.6 is 0 Å². The van der Waals surface area contributed by atoms with Crippen molar-refractivity contribution in [3.8, 4) is 0 Å². The minimum absolute atomic E-state index is 0.0948. The number of para-hydroxylation sites is 1. The molecule has 1 aromatic rings. The lowest BCUT2D eigenvalue weighted by Crippen LogP contribution is -2.40. The van der Waals surface area contributed by atoms with Gasteiger partial charge in [0.15, 0.2) is 0 Å². The van der Waals surface area contributed by atoms with Crippen LogP contribution < -0.4 is 4.90 Å². The normalized spacial score (nSPS) is 20.2. The maximum atomic E-state index is 14.1. The second kappa shape index (κ2) is 6.19. The molecule has 2 nitrogen and oxygen atoms in total. The molecule has 18 heavy (non-hydrogen) atoms. The first-order valence-electron chi connectivity index (χ1n) is 6.92. The third kappa shape index (κ3) is 2.66. The summed E-state index contributed by atoms with van der Waals surface area (Å²) < 4.78 is 14.1. The highest BCUT2D eigenvalue weighted by Gasteiger charge is 2.25. The number of aliphatic hydroxyl groups is 1. The van der Waals surface area contributed by atoms with Gasteiger partial charge < -0.3 is 10.0 Å². The molecule has 1 atom stereocenters. The Bertz CT molecular complexity index is 392. The summed E-state index contributed by atoms with van der Waals surface area (Å²) in [5.41, 5.74) is 1.33. The van der Waals surface area contributed by atoms with Gasteiger partial charge in [0.1, 0.15) is 5.82 Å². The molecule has 1 unspecified atom stereocenters. The summed E-state index contributed by atoms with van der Waals surface area (Å²) in [5, 5.41) is 9.40. The van der Waals surface area contributed by atoms with E-state index in [9.17, 15) is 9.50 Å². The Hall–Kier alpha value is -1.09. The van der Waals surface area contributed by atoms with E-state index >= 15 is 0 Å². The van der Waals surface area contributed by atoms with Crippen molar-refractivity contribution < 1.29 is 9.50 Å². The number of rotatable bonds is 4. The zero-order valence-corrected chi connectivity index (χ0v) is 11.0. The largest absolute Gasteiger partial charge is 0.392 e. The topological polar surface area (TPSA) is 23.5 Å². The third-order valence-corrected chi connectivity index (χ3v) is 3.78. The summed E-state index contributed by atoms with van der Waals surface area (Å²) in [6.45, 7) is 2.97. The van der Waals surface area contributed by atoms with Gasteiger partial charge in [-0.15, -0.1) is 0 Å². The van der Waals surface area contributed by atoms with Crippen LogP contribution in [0.5, 0.6) is 0 Å². The Morgan fingerprint density at radius 3 is 2.94 bits per heavy atom. The summed E-state index contributed by atoms with van der Waals surface area (Å²) in [7, 11) is 0. The van der Waals surface area contributed by atoms with Crippen LogP contribution in [-0.2, 0) is 6.61 Å². The SMILES string of the molecule is CCCC1CCCCN1c1c(F)cccc1CO. The molecule has 1 aromatic carbocycles. The monoisotopic (exact) mass is 251 g/mol. The van der Waals surface area contributed by atoms with E-state index in [1.165, 1.54) is 12.5 Å². The van der Waals surface area contributed by atoms with Crippen LogP contribution in [0.25, 0.3) is 0 Å². The van der Waals surface area contributed by atoms with Gasteiger partial charge in [0.05, 0.1) is 12.3 Å². The zero-order valence-electron chi connectivity index (χ0n) is 11.0. The molecular weight excluding hydrogens is 229 g/mol. The fraction of sp³-hybridized carbons (Fsp3) is 0.600. The molecule has 2 rings (SSSR count). The molecule has 1 aliphatic heterocycles. The van der Waals surface area contributed by atoms with Crippen LogP contribution in [0.4, 0.5) is 10.1 Å². The van der Waals surface area contributed by atoms with E-state index in [1.807, 2.05) is 6.07 Å². The van der Waals surface area contributed by atoms with Crippen LogP contribution in [0.3, 0.4) is 0 Å². The number of anilines is 1. The summed E-state index contributed by atoms with van der Waals surface area (Å²) in [4.78, 5) is 2.17. The number of nitrogens with zero attached hydrogens (tertiary/aromatic N) is 1. The van der Waals surface area contributed by atoms with Gasteiger partial charge >= 0.3 is 0 Å². The van der Waals surface area contributed by atoms with Crippen LogP contribution in [0.2, 0.25) is 0 Å². The minimum Gasteiger partial charge on any atom is -0.392 e. The van der Waals surface area contributed by atoms with E-state index in [0.29, 0.717) is 17.3 Å². The minimum atomic E-state index is -0.204. The fourth-order valence-electron chi connectivity index (χ4n) is 2.94. The van der Waals surface area contributed by atoms with Crippen molar-refractivity contribution in [1.29, 1.82) is 0 Å². The average Bonchev–Trinajstić information content (AvgIpc) is 2.40. The van der Waals surface area contributed by atoms with Crippen molar-refractivity contribution in [3.05, 3.63) is 29.6 Å². The van der Waals surface area contributed by atoms with Crippen molar-refractivity contribution in [3.63, 3.8) is 0 Å². The summed E-state index contributed by atoms with van der Waals surface area (Å²) in [5.74, 6) is -0.204. The van der Waals surface area contributed by atoms with Gasteiger partial charge in [-0.3, -0.25) is 0 Å². The quantitative estimate of drug-likeness (QED) is 0.885. The average molecular weight is 251 g/mol. The Morgan fingerprint density at radius 2 is 2.22 bits per heavy atom. The van der Waals surface area contributed by atoms with Gasteiger partial charge in [0.25, 0.3) is 0 Å². The van der Waals surface area contributed by atoms with E-state index in [1.54, 1.807) is 6.07 Å². The molecule has 1 aliphatic rings. The predicted molar refractivity (Wildman–Crippen MR) is 72.2 cm³/mol. The van der Waals surface area contributed by atoms with Crippen LogP contribution in [0.15, 0.2) is 18.2 Å². The van der Waals surface area contributed by atoms with Gasteiger partial charge in [-0.25, -0.2) is 4.39 Å². The maximum Gasteiger partial charge on any atom is 0.146 e. The van der Waals surface area contributed by atoms with Crippen molar-refractivity contribution in [2.24, 2.45) is 0 Å². The highest BCUT2D eigenvalue weighted by molar-refractivity contribution is 5.55. The van der Waals surface area contributed by atoms with Crippen molar-refractivity contribution in [2.45, 2.75) is 51.7 Å². The molecule has 0 aliphatic carbocycles. The molecule has 100 valence electrons. The second-order valence-electron chi connectivity index (χ2n) is 5.04. The maximum absolute atomic E-state index is 14.1. The van der Waals surface area contributed by atoms with E-state index in [0.717, 1.165) is 32.2 Å². The first kappa shape index (κ1) is 13.3. The van der Waals surface area contributed by atoms with Crippen molar-refractivity contribution in [1.82, 2.24) is 0 Å². The predicted octanol–water partition coefficient (Wildman–Crippen LogP) is 3.48. The molecule has 1 saturated heterocycles. The van der Waals surface area contributed by atoms with E-state index < -0.39 is 0 Å². The van der Waals surface area contributed by atoms with Crippen molar-refractivity contribution in [2.75, 3.05) is 11.4 Å². The van der Waals surface area contributed by atoms with Gasteiger partial charge in [-0.2, -0.15) is 0 Å². The highest BCUT2D eigenvalue weighted by atomic mass is 19.1. The number of hydrogen-bond donors (Lipinski definition) is 1. The van der Waals surface area contributed by atoms with E-state index in [-0.39, 0.29) is 12.4 Å². The van der Waals surface area contributed by atoms with Gasteiger partial charge in [0.2, 0.25) is 0 Å². The molecule has 0 aromatic heterocycles. The Morgan fingerprint density at radius 1 is 1.39 bits per heavy atom. The Balaban J connectivity index is 2.32. The Kier molecular flexibility index (Phi) is 4.59. The fourth-order valence-corrected chi connectivity index (χ4v) is 2.94. The lowest BCUT2D eigenvalue weighted by Gasteiger charge is -2.38. The number of halogens is 1. The molecule has 0 bridgehead atoms. The van der Waals surface area contributed by atoms with Crippen LogP contribution in [0, 0.1) is 5.82 Å². The third-order valence-electron chi connectivity index (χ3n) is 3.78. The summed E-state index contributed by atoms with van der Waals surface area (Å²) >= 11 is 0. The lowest BCUT2D eigenvalue weighted by molar-refractivity contribution is 0.280. The molecule has 1 N–H and O–H groups in total. The molecule has 1 fully saturated rings. The molecule has 0 saturated carbocycles. The molecular formula is C15H22FNO. The summed E-state index contributed by atoms with van der Waals surface area (Å²) in [6, 6.07) is 5.40. The van der Waals surface area contributed by atoms with Gasteiger partial charge in [-0.1, -0.05) is 25.5 Å². The first-order valence-corrected chi connectivity index (χ1v) is 6.92. The summed E-state index contributed by atoms with van der Waals surface area (Å²) in [6.07, 6.45) is 5.68. The number of hydrogen-bond acceptors (Lipinski definition) is 2. The smallest absolute Gasteiger partial charge is 0.146 e. The van der Waals surface area contributed by atoms with Crippen molar-refractivity contribution >= 4 is 5.69 Å². The van der Waals surface area contributed by atoms with Crippen LogP contribution in [0.1, 0.15) is 44.6 Å². The van der Waals surface area contributed by atoms with Gasteiger partial charge in [-0.05, 0) is 31.7 Å². The number of benzene rings is 1. The van der Waals surface area contributed by atoms with Crippen LogP contribution in [-0.4, -0.2) is 17.7 Å². The first-order chi connectivity index (χ1) is 8.77. The molecule has 0 amide bonds. The number of piperidine rings is 1. The standard InChI is InChI=1S/C15H22FNO/c1-2-6-13-8-3-4-10-17(13)15-12(11-18)7-5-9-14(15)16/h5,7,9,13,18H,2-4,6,8,10-11H2,1H3. The highest BCUT2D eigenvalue weighted by Crippen LogP contribution is 2.32. The van der Waals surface area contributed by atoms with Gasteiger partial charge in [0, 0.05) is 18.2 Å². The molecule has 0 radical (unpaired) electrons. The second-order valence-corrected chi connectivity index (χ2v) is 5.04.